The topological polar surface area (TPSA) is 101 Å². The summed E-state index contributed by atoms with van der Waals surface area (Å²) in [6.45, 7) is -0.938. The Balaban J connectivity index is 2.66. The average Bonchev–Trinajstić information content (AvgIpc) is 2.24. The second-order valence-electron chi connectivity index (χ2n) is 3.61. The number of alkyl halides is 3. The predicted octanol–water partition coefficient (Wildman–Crippen LogP) is 0.504. The molecule has 1 unspecified atom stereocenters. The lowest BCUT2D eigenvalue weighted by Gasteiger charge is -2.15. The molecule has 1 aromatic rings. The van der Waals surface area contributed by atoms with Crippen molar-refractivity contribution in [2.45, 2.75) is 12.3 Å². The molecule has 0 aliphatic heterocycles. The van der Waals surface area contributed by atoms with E-state index in [4.69, 9.17) is 16.6 Å². The molecule has 0 fully saturated rings. The number of amides is 1. The third-order valence-electron chi connectivity index (χ3n) is 2.15. The molecule has 5 nitrogen and oxygen atoms in total. The van der Waals surface area contributed by atoms with Crippen LogP contribution in [0.4, 0.5) is 24.5 Å². The predicted molar refractivity (Wildman–Crippen MR) is 59.7 cm³/mol. The zero-order valence-corrected chi connectivity index (χ0v) is 9.16. The lowest BCUT2D eigenvalue weighted by molar-refractivity contribution is -0.201. The van der Waals surface area contributed by atoms with Crippen molar-refractivity contribution < 1.29 is 23.1 Å². The summed E-state index contributed by atoms with van der Waals surface area (Å²) in [7, 11) is 0. The highest BCUT2D eigenvalue weighted by Crippen LogP contribution is 2.20. The maximum absolute atomic E-state index is 12.0. The Bertz CT molecular complexity index is 448. The van der Waals surface area contributed by atoms with Crippen LogP contribution in [-0.2, 0) is 0 Å². The number of hydrogen-bond acceptors (Lipinski definition) is 4. The highest BCUT2D eigenvalue weighted by Gasteiger charge is 2.38. The standard InChI is InChI=1S/C10H12F3N3O2/c11-10(12,13)8(17)4-16-9(18)6-2-1-5(14)3-7(6)15/h1-3,8,17H,4,14-15H2,(H,16,18). The number of carbonyl (C=O) groups is 1. The van der Waals surface area contributed by atoms with Gasteiger partial charge < -0.3 is 21.9 Å². The van der Waals surface area contributed by atoms with E-state index < -0.39 is 24.7 Å². The Morgan fingerprint density at radius 1 is 1.39 bits per heavy atom. The number of rotatable bonds is 3. The van der Waals surface area contributed by atoms with Gasteiger partial charge in [0, 0.05) is 11.4 Å². The second kappa shape index (κ2) is 5.13. The van der Waals surface area contributed by atoms with Crippen LogP contribution in [0.15, 0.2) is 18.2 Å². The molecule has 1 amide bonds. The van der Waals surface area contributed by atoms with Gasteiger partial charge in [0.05, 0.1) is 12.1 Å². The van der Waals surface area contributed by atoms with Gasteiger partial charge in [0.2, 0.25) is 0 Å². The van der Waals surface area contributed by atoms with Crippen LogP contribution in [0.5, 0.6) is 0 Å². The first kappa shape index (κ1) is 14.1. The normalized spacial score (nSPS) is 13.1. The highest BCUT2D eigenvalue weighted by molar-refractivity contribution is 5.99. The SMILES string of the molecule is Nc1ccc(C(=O)NCC(O)C(F)(F)F)c(N)c1. The van der Waals surface area contributed by atoms with Crippen LogP contribution in [-0.4, -0.2) is 29.8 Å². The molecular formula is C10H12F3N3O2. The van der Waals surface area contributed by atoms with E-state index in [9.17, 15) is 18.0 Å². The van der Waals surface area contributed by atoms with Crippen molar-refractivity contribution in [2.24, 2.45) is 0 Å². The van der Waals surface area contributed by atoms with Crippen LogP contribution in [0.25, 0.3) is 0 Å². The van der Waals surface area contributed by atoms with Crippen molar-refractivity contribution in [3.05, 3.63) is 23.8 Å². The fourth-order valence-electron chi connectivity index (χ4n) is 1.19. The van der Waals surface area contributed by atoms with Crippen molar-refractivity contribution in [3.8, 4) is 0 Å². The van der Waals surface area contributed by atoms with E-state index in [1.54, 1.807) is 0 Å². The molecule has 0 radical (unpaired) electrons. The molecule has 0 saturated carbocycles. The molecule has 0 saturated heterocycles. The van der Waals surface area contributed by atoms with Gasteiger partial charge in [-0.05, 0) is 18.2 Å². The first-order valence-corrected chi connectivity index (χ1v) is 4.90. The number of anilines is 2. The van der Waals surface area contributed by atoms with Crippen molar-refractivity contribution in [2.75, 3.05) is 18.0 Å². The monoisotopic (exact) mass is 263 g/mol. The summed E-state index contributed by atoms with van der Waals surface area (Å²) in [5.41, 5.74) is 11.3. The maximum atomic E-state index is 12.0. The van der Waals surface area contributed by atoms with Gasteiger partial charge in [-0.2, -0.15) is 13.2 Å². The van der Waals surface area contributed by atoms with Gasteiger partial charge in [-0.25, -0.2) is 0 Å². The molecule has 6 N–H and O–H groups in total. The molecule has 1 rings (SSSR count). The van der Waals surface area contributed by atoms with E-state index in [-0.39, 0.29) is 11.3 Å². The summed E-state index contributed by atoms with van der Waals surface area (Å²) in [5, 5.41) is 10.6. The van der Waals surface area contributed by atoms with Crippen molar-refractivity contribution >= 4 is 17.3 Å². The Hall–Kier alpha value is -1.96. The summed E-state index contributed by atoms with van der Waals surface area (Å²) in [4.78, 5) is 11.5. The summed E-state index contributed by atoms with van der Waals surface area (Å²) in [6, 6.07) is 4.00. The summed E-state index contributed by atoms with van der Waals surface area (Å²) < 4.78 is 36.0. The number of aliphatic hydroxyl groups is 1. The molecule has 0 heterocycles. The van der Waals surface area contributed by atoms with Crippen molar-refractivity contribution in [3.63, 3.8) is 0 Å². The summed E-state index contributed by atoms with van der Waals surface area (Å²) in [5.74, 6) is -0.809. The molecular weight excluding hydrogens is 251 g/mol. The molecule has 100 valence electrons. The number of nitrogens with one attached hydrogen (secondary N) is 1. The van der Waals surface area contributed by atoms with Crippen molar-refractivity contribution in [1.82, 2.24) is 5.32 Å². The number of aliphatic hydroxyl groups excluding tert-OH is 1. The number of halogens is 3. The van der Waals surface area contributed by atoms with E-state index in [1.165, 1.54) is 18.2 Å². The average molecular weight is 263 g/mol. The van der Waals surface area contributed by atoms with Gasteiger partial charge in [-0.15, -0.1) is 0 Å². The van der Waals surface area contributed by atoms with Crippen LogP contribution < -0.4 is 16.8 Å². The zero-order valence-electron chi connectivity index (χ0n) is 9.16. The minimum absolute atomic E-state index is 0.00132. The number of nitrogens with two attached hydrogens (primary N) is 2. The van der Waals surface area contributed by atoms with Gasteiger partial charge in [-0.1, -0.05) is 0 Å². The minimum atomic E-state index is -4.78. The number of benzene rings is 1. The van der Waals surface area contributed by atoms with Gasteiger partial charge in [-0.3, -0.25) is 4.79 Å². The van der Waals surface area contributed by atoms with E-state index in [0.29, 0.717) is 5.69 Å². The largest absolute Gasteiger partial charge is 0.416 e. The first-order chi connectivity index (χ1) is 8.21. The number of hydrogen-bond donors (Lipinski definition) is 4. The molecule has 0 aliphatic carbocycles. The first-order valence-electron chi connectivity index (χ1n) is 4.90. The Morgan fingerprint density at radius 3 is 2.50 bits per heavy atom. The third kappa shape index (κ3) is 3.52. The molecule has 1 atom stereocenters. The lowest BCUT2D eigenvalue weighted by atomic mass is 10.1. The van der Waals surface area contributed by atoms with Crippen molar-refractivity contribution in [1.29, 1.82) is 0 Å². The van der Waals surface area contributed by atoms with Crippen LogP contribution in [0.2, 0.25) is 0 Å². The quantitative estimate of drug-likeness (QED) is 0.596. The molecule has 0 bridgehead atoms. The lowest BCUT2D eigenvalue weighted by Crippen LogP contribution is -2.40. The van der Waals surface area contributed by atoms with E-state index >= 15 is 0 Å². The molecule has 18 heavy (non-hydrogen) atoms. The Labute approximate surface area is 101 Å². The second-order valence-corrected chi connectivity index (χ2v) is 3.61. The Kier molecular flexibility index (Phi) is 4.02. The smallest absolute Gasteiger partial charge is 0.399 e. The summed E-state index contributed by atoms with van der Waals surface area (Å²) in [6.07, 6.45) is -7.39. The summed E-state index contributed by atoms with van der Waals surface area (Å²) >= 11 is 0. The van der Waals surface area contributed by atoms with Crippen LogP contribution in [0.1, 0.15) is 10.4 Å². The zero-order chi connectivity index (χ0) is 13.9. The van der Waals surface area contributed by atoms with Gasteiger partial charge in [0.15, 0.2) is 6.10 Å². The number of carbonyl (C=O) groups excluding carboxylic acids is 1. The van der Waals surface area contributed by atoms with E-state index in [1.807, 2.05) is 5.32 Å². The van der Waals surface area contributed by atoms with E-state index in [2.05, 4.69) is 0 Å². The highest BCUT2D eigenvalue weighted by atomic mass is 19.4. The van der Waals surface area contributed by atoms with E-state index in [0.717, 1.165) is 0 Å². The van der Waals surface area contributed by atoms with Gasteiger partial charge in [0.1, 0.15) is 0 Å². The molecule has 1 aromatic carbocycles. The minimum Gasteiger partial charge on any atom is -0.399 e. The molecule has 0 spiro atoms. The maximum Gasteiger partial charge on any atom is 0.416 e. The fourth-order valence-corrected chi connectivity index (χ4v) is 1.19. The van der Waals surface area contributed by atoms with Gasteiger partial charge >= 0.3 is 6.18 Å². The van der Waals surface area contributed by atoms with Crippen LogP contribution in [0, 0.1) is 0 Å². The van der Waals surface area contributed by atoms with Crippen LogP contribution in [0.3, 0.4) is 0 Å². The molecule has 0 aliphatic rings. The van der Waals surface area contributed by atoms with Gasteiger partial charge in [0.25, 0.3) is 5.91 Å². The molecule has 0 aromatic heterocycles. The van der Waals surface area contributed by atoms with Crippen LogP contribution >= 0.6 is 0 Å². The third-order valence-corrected chi connectivity index (χ3v) is 2.15. The Morgan fingerprint density at radius 2 is 2.00 bits per heavy atom. The molecule has 8 heteroatoms. The fraction of sp³-hybridized carbons (Fsp3) is 0.300. The number of nitrogen functional groups attached to an aromatic ring is 2.